The summed E-state index contributed by atoms with van der Waals surface area (Å²) >= 11 is 0.874. The molecule has 0 radical (unpaired) electrons. The summed E-state index contributed by atoms with van der Waals surface area (Å²) in [5, 5.41) is -0.241. The summed E-state index contributed by atoms with van der Waals surface area (Å²) in [6.45, 7) is 0. The van der Waals surface area contributed by atoms with Crippen LogP contribution in [0.1, 0.15) is 29.6 Å². The van der Waals surface area contributed by atoms with E-state index in [2.05, 4.69) is 0 Å². The predicted octanol–water partition coefficient (Wildman–Crippen LogP) is 4.97. The smallest absolute Gasteiger partial charge is 0.282 e. The first-order valence-electron chi connectivity index (χ1n) is 6.35. The summed E-state index contributed by atoms with van der Waals surface area (Å²) in [5.41, 5.74) is 0.471. The summed E-state index contributed by atoms with van der Waals surface area (Å²) < 4.78 is 62.0. The number of hydrogen-bond donors (Lipinski definition) is 0. The zero-order chi connectivity index (χ0) is 15.9. The van der Waals surface area contributed by atoms with Gasteiger partial charge in [-0.3, -0.25) is 4.79 Å². The predicted molar refractivity (Wildman–Crippen MR) is 72.9 cm³/mol. The van der Waals surface area contributed by atoms with Crippen LogP contribution in [0.5, 0.6) is 0 Å². The maximum atomic E-state index is 13.3. The first-order chi connectivity index (χ1) is 9.78. The summed E-state index contributed by atoms with van der Waals surface area (Å²) in [5.74, 6) is 0.105. The molecule has 7 heteroatoms. The van der Waals surface area contributed by atoms with Gasteiger partial charge in [0.05, 0.1) is 6.42 Å². The molecule has 1 nitrogen and oxygen atoms in total. The minimum Gasteiger partial charge on any atom is -0.282 e. The van der Waals surface area contributed by atoms with Gasteiger partial charge in [-0.2, -0.15) is 13.2 Å². The van der Waals surface area contributed by atoms with Crippen molar-refractivity contribution >= 4 is 16.9 Å². The second kappa shape index (κ2) is 8.36. The fraction of sp³-hybridized carbons (Fsp3) is 0.500. The van der Waals surface area contributed by atoms with Crippen molar-refractivity contribution in [3.05, 3.63) is 35.9 Å². The first kappa shape index (κ1) is 17.9. The summed E-state index contributed by atoms with van der Waals surface area (Å²) in [6.07, 6.45) is -11.1. The lowest BCUT2D eigenvalue weighted by molar-refractivity contribution is -0.147. The number of rotatable bonds is 7. The van der Waals surface area contributed by atoms with Gasteiger partial charge in [-0.15, -0.1) is 0 Å². The van der Waals surface area contributed by atoms with E-state index in [0.29, 0.717) is 5.56 Å². The van der Waals surface area contributed by atoms with Crippen molar-refractivity contribution in [2.45, 2.75) is 37.8 Å². The molecule has 118 valence electrons. The van der Waals surface area contributed by atoms with E-state index in [1.54, 1.807) is 30.3 Å². The Balaban J connectivity index is 2.24. The van der Waals surface area contributed by atoms with Crippen molar-refractivity contribution in [3.8, 4) is 0 Å². The molecule has 0 aromatic heterocycles. The van der Waals surface area contributed by atoms with Gasteiger partial charge in [0.25, 0.3) is 0 Å². The van der Waals surface area contributed by atoms with Gasteiger partial charge in [-0.1, -0.05) is 42.1 Å². The van der Waals surface area contributed by atoms with Gasteiger partial charge in [0, 0.05) is 17.7 Å². The van der Waals surface area contributed by atoms with Gasteiger partial charge < -0.3 is 0 Å². The molecule has 0 fully saturated rings. The van der Waals surface area contributed by atoms with E-state index in [9.17, 15) is 26.7 Å². The number of benzene rings is 1. The molecule has 0 heterocycles. The van der Waals surface area contributed by atoms with Gasteiger partial charge in [0.1, 0.15) is 12.3 Å². The molecule has 0 bridgehead atoms. The Hall–Kier alpha value is -1.11. The van der Waals surface area contributed by atoms with Gasteiger partial charge in [0.2, 0.25) is 5.12 Å². The Bertz CT molecular complexity index is 435. The van der Waals surface area contributed by atoms with E-state index in [1.165, 1.54) is 0 Å². The maximum Gasteiger partial charge on any atom is 0.391 e. The summed E-state index contributed by atoms with van der Waals surface area (Å²) in [7, 11) is 0. The van der Waals surface area contributed by atoms with Gasteiger partial charge in [0.15, 0.2) is 0 Å². The van der Waals surface area contributed by atoms with Crippen molar-refractivity contribution in [1.29, 1.82) is 0 Å². The molecule has 0 saturated heterocycles. The number of carbonyl (C=O) groups is 1. The standard InChI is InChI=1S/C14H15F5OS/c15-11(8-12(16)9-14(17,18)19)6-7-21-13(20)10-4-2-1-3-5-10/h1-5,11-12H,6-9H2. The highest BCUT2D eigenvalue weighted by atomic mass is 32.2. The number of thioether (sulfide) groups is 1. The first-order valence-corrected chi connectivity index (χ1v) is 7.33. The third-order valence-corrected chi connectivity index (χ3v) is 3.58. The minimum absolute atomic E-state index is 0.105. The lowest BCUT2D eigenvalue weighted by Gasteiger charge is -2.13. The second-order valence-corrected chi connectivity index (χ2v) is 5.61. The molecule has 0 spiro atoms. The van der Waals surface area contributed by atoms with Crippen LogP contribution in [-0.4, -0.2) is 29.4 Å². The van der Waals surface area contributed by atoms with Gasteiger partial charge in [-0.25, -0.2) is 8.78 Å². The molecular weight excluding hydrogens is 311 g/mol. The van der Waals surface area contributed by atoms with Crippen LogP contribution in [0.3, 0.4) is 0 Å². The Morgan fingerprint density at radius 1 is 1.10 bits per heavy atom. The zero-order valence-electron chi connectivity index (χ0n) is 11.1. The van der Waals surface area contributed by atoms with Gasteiger partial charge >= 0.3 is 6.18 Å². The topological polar surface area (TPSA) is 17.1 Å². The van der Waals surface area contributed by atoms with Crippen molar-refractivity contribution in [2.75, 3.05) is 5.75 Å². The van der Waals surface area contributed by atoms with Crippen LogP contribution in [-0.2, 0) is 0 Å². The van der Waals surface area contributed by atoms with E-state index >= 15 is 0 Å². The van der Waals surface area contributed by atoms with Crippen LogP contribution in [0.25, 0.3) is 0 Å². The van der Waals surface area contributed by atoms with E-state index < -0.39 is 31.4 Å². The molecule has 21 heavy (non-hydrogen) atoms. The molecule has 0 N–H and O–H groups in total. The van der Waals surface area contributed by atoms with Crippen LogP contribution >= 0.6 is 11.8 Å². The fourth-order valence-corrected chi connectivity index (χ4v) is 2.53. The Kier molecular flexibility index (Phi) is 7.14. The molecule has 2 atom stereocenters. The maximum absolute atomic E-state index is 13.3. The Morgan fingerprint density at radius 2 is 1.71 bits per heavy atom. The largest absolute Gasteiger partial charge is 0.391 e. The lowest BCUT2D eigenvalue weighted by atomic mass is 10.1. The Morgan fingerprint density at radius 3 is 2.29 bits per heavy atom. The molecule has 0 saturated carbocycles. The van der Waals surface area contributed by atoms with Crippen LogP contribution < -0.4 is 0 Å². The van der Waals surface area contributed by atoms with Crippen LogP contribution in [0, 0.1) is 0 Å². The third-order valence-electron chi connectivity index (χ3n) is 2.64. The average molecular weight is 326 g/mol. The number of alkyl halides is 5. The van der Waals surface area contributed by atoms with E-state index in [-0.39, 0.29) is 17.3 Å². The lowest BCUT2D eigenvalue weighted by Crippen LogP contribution is -2.19. The molecule has 1 rings (SSSR count). The van der Waals surface area contributed by atoms with Crippen LogP contribution in [0.2, 0.25) is 0 Å². The summed E-state index contributed by atoms with van der Waals surface area (Å²) in [6, 6.07) is 8.36. The highest BCUT2D eigenvalue weighted by molar-refractivity contribution is 8.14. The van der Waals surface area contributed by atoms with E-state index in [4.69, 9.17) is 0 Å². The van der Waals surface area contributed by atoms with E-state index in [1.807, 2.05) is 0 Å². The quantitative estimate of drug-likeness (QED) is 0.658. The van der Waals surface area contributed by atoms with Crippen LogP contribution in [0.4, 0.5) is 22.0 Å². The monoisotopic (exact) mass is 326 g/mol. The molecule has 0 aliphatic heterocycles. The highest BCUT2D eigenvalue weighted by Gasteiger charge is 2.33. The van der Waals surface area contributed by atoms with Crippen molar-refractivity contribution in [1.82, 2.24) is 0 Å². The molecule has 1 aromatic carbocycles. The van der Waals surface area contributed by atoms with E-state index in [0.717, 1.165) is 11.8 Å². The Labute approximate surface area is 123 Å². The number of carbonyl (C=O) groups excluding carboxylic acids is 1. The minimum atomic E-state index is -4.63. The molecule has 0 aliphatic rings. The molecule has 0 amide bonds. The van der Waals surface area contributed by atoms with Crippen molar-refractivity contribution < 1.29 is 26.7 Å². The molecule has 1 aromatic rings. The molecule has 2 unspecified atom stereocenters. The van der Waals surface area contributed by atoms with Crippen LogP contribution in [0.15, 0.2) is 30.3 Å². The molecule has 0 aliphatic carbocycles. The normalized spacial score (nSPS) is 14.7. The third kappa shape index (κ3) is 8.04. The zero-order valence-corrected chi connectivity index (χ0v) is 11.9. The number of hydrogen-bond acceptors (Lipinski definition) is 2. The summed E-state index contributed by atoms with van der Waals surface area (Å²) in [4.78, 5) is 11.7. The molecular formula is C14H15F5OS. The van der Waals surface area contributed by atoms with Crippen molar-refractivity contribution in [3.63, 3.8) is 0 Å². The SMILES string of the molecule is O=C(SCCC(F)CC(F)CC(F)(F)F)c1ccccc1. The van der Waals surface area contributed by atoms with Crippen molar-refractivity contribution in [2.24, 2.45) is 0 Å². The second-order valence-electron chi connectivity index (χ2n) is 4.54. The highest BCUT2D eigenvalue weighted by Crippen LogP contribution is 2.26. The fourth-order valence-electron chi connectivity index (χ4n) is 1.67. The average Bonchev–Trinajstić information content (AvgIpc) is 2.37. The number of halogens is 5. The van der Waals surface area contributed by atoms with Gasteiger partial charge in [-0.05, 0) is 6.42 Å².